The summed E-state index contributed by atoms with van der Waals surface area (Å²) in [7, 11) is 0. The first-order chi connectivity index (χ1) is 8.72. The molecule has 3 heterocycles. The van der Waals surface area contributed by atoms with Gasteiger partial charge in [-0.15, -0.1) is 0 Å². The molecule has 3 atom stereocenters. The van der Waals surface area contributed by atoms with Gasteiger partial charge in [0, 0.05) is 0 Å². The first kappa shape index (κ1) is 11.3. The Bertz CT molecular complexity index is 572. The minimum Gasteiger partial charge on any atom is -0.394 e. The van der Waals surface area contributed by atoms with Crippen LogP contribution in [0, 0.1) is 0 Å². The minimum absolute atomic E-state index is 0.221. The molecule has 96 valence electrons. The minimum atomic E-state index is -0.802. The number of aliphatic hydroxyl groups excluding tert-OH is 2. The molecule has 2 aromatic heterocycles. The summed E-state index contributed by atoms with van der Waals surface area (Å²) < 4.78 is 7.01. The highest BCUT2D eigenvalue weighted by Gasteiger charge is 2.37. The number of nitrogens with two attached hydrogens (primary N) is 1. The first-order valence-corrected chi connectivity index (χ1v) is 5.56. The topological polar surface area (TPSA) is 119 Å². The van der Waals surface area contributed by atoms with Crippen LogP contribution in [0.5, 0.6) is 0 Å². The maximum atomic E-state index is 10.0. The number of rotatable bonds is 2. The number of nitrogen functional groups attached to an aromatic ring is 1. The van der Waals surface area contributed by atoms with E-state index in [1.54, 1.807) is 10.9 Å². The summed E-state index contributed by atoms with van der Waals surface area (Å²) >= 11 is 0. The van der Waals surface area contributed by atoms with Crippen LogP contribution in [0.2, 0.25) is 0 Å². The molecule has 0 aliphatic carbocycles. The molecule has 0 saturated carbocycles. The summed E-state index contributed by atoms with van der Waals surface area (Å²) in [5.41, 5.74) is 6.74. The maximum Gasteiger partial charge on any atom is 0.165 e. The lowest BCUT2D eigenvalue weighted by Gasteiger charge is -2.17. The van der Waals surface area contributed by atoms with Gasteiger partial charge in [0.25, 0.3) is 0 Å². The van der Waals surface area contributed by atoms with E-state index in [1.807, 2.05) is 0 Å². The Morgan fingerprint density at radius 2 is 2.28 bits per heavy atom. The highest BCUT2D eigenvalue weighted by atomic mass is 16.5. The number of aromatic nitrogens is 4. The number of imidazole rings is 1. The highest BCUT2D eigenvalue weighted by molar-refractivity contribution is 5.81. The quantitative estimate of drug-likeness (QED) is 0.607. The van der Waals surface area contributed by atoms with E-state index in [9.17, 15) is 5.11 Å². The van der Waals surface area contributed by atoms with Crippen molar-refractivity contribution < 1.29 is 14.9 Å². The molecule has 0 radical (unpaired) electrons. The Kier molecular flexibility index (Phi) is 2.62. The SMILES string of the molecule is Nc1ncnc2c1ncn2[C@H]1CO[C@@H](CO)[C@@H]1O. The van der Waals surface area contributed by atoms with Gasteiger partial charge in [0.2, 0.25) is 0 Å². The summed E-state index contributed by atoms with van der Waals surface area (Å²) in [6.45, 7) is 0.0726. The van der Waals surface area contributed by atoms with Crippen molar-refractivity contribution in [2.45, 2.75) is 18.2 Å². The molecular formula is C10H13N5O3. The predicted molar refractivity (Wildman–Crippen MR) is 61.6 cm³/mol. The number of hydrogen-bond acceptors (Lipinski definition) is 7. The van der Waals surface area contributed by atoms with Crippen molar-refractivity contribution in [3.05, 3.63) is 12.7 Å². The van der Waals surface area contributed by atoms with E-state index in [1.165, 1.54) is 6.33 Å². The van der Waals surface area contributed by atoms with E-state index in [-0.39, 0.29) is 12.6 Å². The van der Waals surface area contributed by atoms with E-state index >= 15 is 0 Å². The van der Waals surface area contributed by atoms with Gasteiger partial charge in [-0.3, -0.25) is 0 Å². The largest absolute Gasteiger partial charge is 0.394 e. The average molecular weight is 251 g/mol. The molecule has 1 aliphatic heterocycles. The lowest BCUT2D eigenvalue weighted by atomic mass is 10.1. The molecule has 1 aliphatic rings. The van der Waals surface area contributed by atoms with Crippen LogP contribution < -0.4 is 5.73 Å². The summed E-state index contributed by atoms with van der Waals surface area (Å²) in [5, 5.41) is 19.1. The van der Waals surface area contributed by atoms with Crippen LogP contribution in [-0.2, 0) is 4.74 Å². The van der Waals surface area contributed by atoms with Crippen LogP contribution in [-0.4, -0.2) is 55.2 Å². The number of aliphatic hydroxyl groups is 2. The third-order valence-electron chi connectivity index (χ3n) is 3.18. The third kappa shape index (κ3) is 1.54. The zero-order valence-corrected chi connectivity index (χ0v) is 9.47. The molecule has 0 bridgehead atoms. The normalized spacial score (nSPS) is 28.0. The standard InChI is InChI=1S/C10H13N5O3/c11-9-7-10(13-3-12-9)15(4-14-7)5-2-18-6(1-16)8(5)17/h3-6,8,16-17H,1-2H2,(H2,11,12,13)/t5-,6-,8+/m0/s1. The number of nitrogens with zero attached hydrogens (tertiary/aromatic N) is 4. The molecule has 8 heteroatoms. The number of anilines is 1. The fourth-order valence-corrected chi connectivity index (χ4v) is 2.19. The summed E-state index contributed by atoms with van der Waals surface area (Å²) in [5.74, 6) is 0.297. The summed E-state index contributed by atoms with van der Waals surface area (Å²) in [6, 6.07) is -0.332. The highest BCUT2D eigenvalue weighted by Crippen LogP contribution is 2.28. The molecule has 1 fully saturated rings. The zero-order valence-electron chi connectivity index (χ0n) is 9.47. The van der Waals surface area contributed by atoms with Gasteiger partial charge in [0.05, 0.1) is 25.6 Å². The monoisotopic (exact) mass is 251 g/mol. The van der Waals surface area contributed by atoms with Gasteiger partial charge in [-0.2, -0.15) is 0 Å². The van der Waals surface area contributed by atoms with Crippen LogP contribution in [0.1, 0.15) is 6.04 Å². The molecule has 1 saturated heterocycles. The van der Waals surface area contributed by atoms with Crippen molar-refractivity contribution in [1.29, 1.82) is 0 Å². The van der Waals surface area contributed by atoms with E-state index in [0.29, 0.717) is 23.6 Å². The molecule has 0 aromatic carbocycles. The van der Waals surface area contributed by atoms with Crippen LogP contribution in [0.3, 0.4) is 0 Å². The summed E-state index contributed by atoms with van der Waals surface area (Å²) in [6.07, 6.45) is 1.52. The molecule has 18 heavy (non-hydrogen) atoms. The van der Waals surface area contributed by atoms with Crippen molar-refractivity contribution in [1.82, 2.24) is 19.5 Å². The van der Waals surface area contributed by atoms with Gasteiger partial charge in [-0.05, 0) is 0 Å². The molecule has 2 aromatic rings. The lowest BCUT2D eigenvalue weighted by molar-refractivity contribution is 0.00206. The Labute approximate surface area is 102 Å². The van der Waals surface area contributed by atoms with Crippen molar-refractivity contribution in [2.24, 2.45) is 0 Å². The maximum absolute atomic E-state index is 10.0. The van der Waals surface area contributed by atoms with Crippen molar-refractivity contribution in [3.63, 3.8) is 0 Å². The van der Waals surface area contributed by atoms with Gasteiger partial charge < -0.3 is 25.3 Å². The predicted octanol–water partition coefficient (Wildman–Crippen LogP) is -1.30. The first-order valence-electron chi connectivity index (χ1n) is 5.56. The van der Waals surface area contributed by atoms with E-state index < -0.39 is 12.2 Å². The number of hydrogen-bond donors (Lipinski definition) is 3. The second-order valence-electron chi connectivity index (χ2n) is 4.20. The second-order valence-corrected chi connectivity index (χ2v) is 4.20. The Morgan fingerprint density at radius 1 is 1.44 bits per heavy atom. The van der Waals surface area contributed by atoms with Gasteiger partial charge in [-0.1, -0.05) is 0 Å². The van der Waals surface area contributed by atoms with Crippen molar-refractivity contribution >= 4 is 17.0 Å². The molecular weight excluding hydrogens is 238 g/mol. The third-order valence-corrected chi connectivity index (χ3v) is 3.18. The number of ether oxygens (including phenoxy) is 1. The number of fused-ring (bicyclic) bond motifs is 1. The Balaban J connectivity index is 2.03. The molecule has 0 unspecified atom stereocenters. The Morgan fingerprint density at radius 3 is 3.00 bits per heavy atom. The smallest absolute Gasteiger partial charge is 0.165 e. The fourth-order valence-electron chi connectivity index (χ4n) is 2.19. The van der Waals surface area contributed by atoms with Gasteiger partial charge >= 0.3 is 0 Å². The van der Waals surface area contributed by atoms with Crippen LogP contribution in [0.25, 0.3) is 11.2 Å². The molecule has 0 spiro atoms. The van der Waals surface area contributed by atoms with Gasteiger partial charge in [0.1, 0.15) is 24.1 Å². The zero-order chi connectivity index (χ0) is 12.7. The fraction of sp³-hybridized carbons (Fsp3) is 0.500. The van der Waals surface area contributed by atoms with Crippen molar-refractivity contribution in [2.75, 3.05) is 18.9 Å². The molecule has 0 amide bonds. The van der Waals surface area contributed by atoms with Crippen LogP contribution in [0.15, 0.2) is 12.7 Å². The van der Waals surface area contributed by atoms with E-state index in [0.717, 1.165) is 0 Å². The van der Waals surface area contributed by atoms with Crippen LogP contribution >= 0.6 is 0 Å². The summed E-state index contributed by atoms with van der Waals surface area (Å²) in [4.78, 5) is 12.1. The molecule has 4 N–H and O–H groups in total. The molecule has 8 nitrogen and oxygen atoms in total. The van der Waals surface area contributed by atoms with E-state index in [2.05, 4.69) is 15.0 Å². The van der Waals surface area contributed by atoms with Gasteiger partial charge in [-0.25, -0.2) is 15.0 Å². The lowest BCUT2D eigenvalue weighted by Crippen LogP contribution is -2.30. The average Bonchev–Trinajstić information content (AvgIpc) is 2.93. The second kappa shape index (κ2) is 4.16. The van der Waals surface area contributed by atoms with Gasteiger partial charge in [0.15, 0.2) is 11.5 Å². The van der Waals surface area contributed by atoms with E-state index in [4.69, 9.17) is 15.6 Å². The molecule has 3 rings (SSSR count). The Hall–Kier alpha value is -1.77. The van der Waals surface area contributed by atoms with Crippen LogP contribution in [0.4, 0.5) is 5.82 Å². The van der Waals surface area contributed by atoms with Crippen molar-refractivity contribution in [3.8, 4) is 0 Å².